The van der Waals surface area contributed by atoms with Crippen molar-refractivity contribution in [2.24, 2.45) is 0 Å². The fourth-order valence-corrected chi connectivity index (χ4v) is 3.36. The van der Waals surface area contributed by atoms with Crippen molar-refractivity contribution in [1.29, 1.82) is 0 Å². The minimum absolute atomic E-state index is 0.139. The largest absolute Gasteiger partial charge is 0.497 e. The lowest BCUT2D eigenvalue weighted by Crippen LogP contribution is -2.29. The normalized spacial score (nSPS) is 10.8. The van der Waals surface area contributed by atoms with Crippen LogP contribution in [-0.4, -0.2) is 36.5 Å². The molecule has 5 nitrogen and oxygen atoms in total. The van der Waals surface area contributed by atoms with Crippen molar-refractivity contribution in [2.75, 3.05) is 26.0 Å². The first-order valence-corrected chi connectivity index (χ1v) is 9.24. The summed E-state index contributed by atoms with van der Waals surface area (Å²) in [6.45, 7) is 0.867. The van der Waals surface area contributed by atoms with Gasteiger partial charge in [-0.15, -0.1) is 11.3 Å². The van der Waals surface area contributed by atoms with Gasteiger partial charge >= 0.3 is 0 Å². The quantitative estimate of drug-likeness (QED) is 0.667. The first kappa shape index (κ1) is 19.0. The minimum Gasteiger partial charge on any atom is -0.497 e. The van der Waals surface area contributed by atoms with Gasteiger partial charge < -0.3 is 10.1 Å². The summed E-state index contributed by atoms with van der Waals surface area (Å²) >= 11 is 1.34. The number of thiazole rings is 1. The topological polar surface area (TPSA) is 54.5 Å². The van der Waals surface area contributed by atoms with Crippen LogP contribution in [0.1, 0.15) is 5.56 Å². The molecular formula is C20H20FN3O2S. The lowest BCUT2D eigenvalue weighted by atomic mass is 10.2. The van der Waals surface area contributed by atoms with Gasteiger partial charge in [0.05, 0.1) is 19.3 Å². The third kappa shape index (κ3) is 5.35. The van der Waals surface area contributed by atoms with Gasteiger partial charge in [0.1, 0.15) is 11.6 Å². The molecule has 3 rings (SSSR count). The Labute approximate surface area is 161 Å². The summed E-state index contributed by atoms with van der Waals surface area (Å²) in [4.78, 5) is 18.6. The van der Waals surface area contributed by atoms with Crippen molar-refractivity contribution in [3.63, 3.8) is 0 Å². The molecule has 0 aliphatic rings. The van der Waals surface area contributed by atoms with Crippen LogP contribution in [0, 0.1) is 5.82 Å². The summed E-state index contributed by atoms with van der Waals surface area (Å²) in [6.07, 6.45) is 0. The van der Waals surface area contributed by atoms with Crippen LogP contribution < -0.4 is 10.1 Å². The van der Waals surface area contributed by atoms with E-state index in [0.29, 0.717) is 17.4 Å². The Balaban J connectivity index is 1.55. The standard InChI is InChI=1S/C20H20FN3O2S/c1-24(11-14-4-3-5-17(10-14)26-2)12-19(25)23-20-22-18(13-27-20)15-6-8-16(21)9-7-15/h3-10,13H,11-12H2,1-2H3,(H,22,23,25). The lowest BCUT2D eigenvalue weighted by Gasteiger charge is -2.16. The number of nitrogens with zero attached hydrogens (tertiary/aromatic N) is 2. The molecule has 0 spiro atoms. The van der Waals surface area contributed by atoms with Crippen LogP contribution in [0.15, 0.2) is 53.9 Å². The van der Waals surface area contributed by atoms with E-state index in [9.17, 15) is 9.18 Å². The number of nitrogens with one attached hydrogen (secondary N) is 1. The molecule has 140 valence electrons. The Morgan fingerprint density at radius 2 is 2.04 bits per heavy atom. The fourth-order valence-electron chi connectivity index (χ4n) is 2.63. The molecule has 0 fully saturated rings. The molecule has 1 amide bonds. The average molecular weight is 385 g/mol. The van der Waals surface area contributed by atoms with Crippen LogP contribution in [-0.2, 0) is 11.3 Å². The van der Waals surface area contributed by atoms with E-state index in [4.69, 9.17) is 4.74 Å². The molecule has 0 radical (unpaired) electrons. The van der Waals surface area contributed by atoms with Gasteiger partial charge in [0, 0.05) is 17.5 Å². The molecule has 2 aromatic carbocycles. The van der Waals surface area contributed by atoms with Crippen LogP contribution in [0.2, 0.25) is 0 Å². The van der Waals surface area contributed by atoms with Crippen LogP contribution >= 0.6 is 11.3 Å². The van der Waals surface area contributed by atoms with Gasteiger partial charge in [-0.05, 0) is 49.0 Å². The average Bonchev–Trinajstić information content (AvgIpc) is 3.10. The van der Waals surface area contributed by atoms with Gasteiger partial charge in [0.25, 0.3) is 0 Å². The molecule has 1 aromatic heterocycles. The third-order valence-corrected chi connectivity index (χ3v) is 4.65. The summed E-state index contributed by atoms with van der Waals surface area (Å²) in [5, 5.41) is 5.17. The highest BCUT2D eigenvalue weighted by Crippen LogP contribution is 2.25. The second-order valence-electron chi connectivity index (χ2n) is 6.12. The van der Waals surface area contributed by atoms with E-state index in [1.54, 1.807) is 19.2 Å². The maximum absolute atomic E-state index is 13.0. The van der Waals surface area contributed by atoms with Crippen LogP contribution in [0.5, 0.6) is 5.75 Å². The molecule has 0 saturated carbocycles. The number of amides is 1. The van der Waals surface area contributed by atoms with E-state index in [1.165, 1.54) is 23.5 Å². The zero-order valence-electron chi connectivity index (χ0n) is 15.1. The van der Waals surface area contributed by atoms with E-state index >= 15 is 0 Å². The second-order valence-corrected chi connectivity index (χ2v) is 6.97. The first-order valence-electron chi connectivity index (χ1n) is 8.36. The number of halogens is 1. The Bertz CT molecular complexity index is 912. The van der Waals surface area contributed by atoms with E-state index in [2.05, 4.69) is 10.3 Å². The summed E-state index contributed by atoms with van der Waals surface area (Å²) in [5.74, 6) is 0.364. The maximum Gasteiger partial charge on any atom is 0.240 e. The smallest absolute Gasteiger partial charge is 0.240 e. The molecular weight excluding hydrogens is 365 g/mol. The summed E-state index contributed by atoms with van der Waals surface area (Å²) in [6, 6.07) is 13.9. The highest BCUT2D eigenvalue weighted by molar-refractivity contribution is 7.14. The number of ether oxygens (including phenoxy) is 1. The SMILES string of the molecule is COc1cccc(CN(C)CC(=O)Nc2nc(-c3ccc(F)cc3)cs2)c1. The number of benzene rings is 2. The molecule has 7 heteroatoms. The zero-order valence-corrected chi connectivity index (χ0v) is 15.9. The monoisotopic (exact) mass is 385 g/mol. The Morgan fingerprint density at radius 1 is 1.26 bits per heavy atom. The van der Waals surface area contributed by atoms with Crippen LogP contribution in [0.4, 0.5) is 9.52 Å². The van der Waals surface area contributed by atoms with Crippen molar-refractivity contribution in [3.8, 4) is 17.0 Å². The van der Waals surface area contributed by atoms with Crippen LogP contribution in [0.25, 0.3) is 11.3 Å². The van der Waals surface area contributed by atoms with Crippen molar-refractivity contribution >= 4 is 22.4 Å². The van der Waals surface area contributed by atoms with Crippen molar-refractivity contribution < 1.29 is 13.9 Å². The van der Waals surface area contributed by atoms with E-state index in [0.717, 1.165) is 16.9 Å². The molecule has 1 heterocycles. The number of likely N-dealkylation sites (N-methyl/N-ethyl adjacent to an activating group) is 1. The van der Waals surface area contributed by atoms with E-state index in [-0.39, 0.29) is 18.3 Å². The highest BCUT2D eigenvalue weighted by atomic mass is 32.1. The Hall–Kier alpha value is -2.77. The molecule has 0 aliphatic carbocycles. The summed E-state index contributed by atoms with van der Waals surface area (Å²) < 4.78 is 18.2. The molecule has 0 atom stereocenters. The lowest BCUT2D eigenvalue weighted by molar-refractivity contribution is -0.117. The number of methoxy groups -OCH3 is 1. The Morgan fingerprint density at radius 3 is 2.78 bits per heavy atom. The third-order valence-electron chi connectivity index (χ3n) is 3.89. The number of hydrogen-bond acceptors (Lipinski definition) is 5. The van der Waals surface area contributed by atoms with Crippen LogP contribution in [0.3, 0.4) is 0 Å². The van der Waals surface area contributed by atoms with Crippen molar-refractivity contribution in [2.45, 2.75) is 6.54 Å². The zero-order chi connectivity index (χ0) is 19.2. The van der Waals surface area contributed by atoms with Crippen molar-refractivity contribution in [1.82, 2.24) is 9.88 Å². The molecule has 0 bridgehead atoms. The molecule has 0 aliphatic heterocycles. The molecule has 0 unspecified atom stereocenters. The molecule has 1 N–H and O–H groups in total. The number of anilines is 1. The van der Waals surface area contributed by atoms with Gasteiger partial charge in [0.2, 0.25) is 5.91 Å². The van der Waals surface area contributed by atoms with Gasteiger partial charge in [0.15, 0.2) is 5.13 Å². The number of rotatable bonds is 7. The number of carbonyl (C=O) groups excluding carboxylic acids is 1. The predicted octanol–water partition coefficient (Wildman–Crippen LogP) is 4.03. The molecule has 27 heavy (non-hydrogen) atoms. The number of hydrogen-bond donors (Lipinski definition) is 1. The van der Waals surface area contributed by atoms with Gasteiger partial charge in [-0.2, -0.15) is 0 Å². The first-order chi connectivity index (χ1) is 13.0. The van der Waals surface area contributed by atoms with E-state index < -0.39 is 0 Å². The van der Waals surface area contributed by atoms with Crippen molar-refractivity contribution in [3.05, 3.63) is 65.3 Å². The predicted molar refractivity (Wildman–Crippen MR) is 105 cm³/mol. The summed E-state index contributed by atoms with van der Waals surface area (Å²) in [5.41, 5.74) is 2.58. The highest BCUT2D eigenvalue weighted by Gasteiger charge is 2.11. The number of carbonyl (C=O) groups is 1. The van der Waals surface area contributed by atoms with Gasteiger partial charge in [-0.25, -0.2) is 9.37 Å². The summed E-state index contributed by atoms with van der Waals surface area (Å²) in [7, 11) is 3.51. The molecule has 0 saturated heterocycles. The van der Waals surface area contributed by atoms with E-state index in [1.807, 2.05) is 41.6 Å². The minimum atomic E-state index is -0.290. The number of aromatic nitrogens is 1. The van der Waals surface area contributed by atoms with Gasteiger partial charge in [-0.1, -0.05) is 12.1 Å². The van der Waals surface area contributed by atoms with Gasteiger partial charge in [-0.3, -0.25) is 9.69 Å². The second kappa shape index (κ2) is 8.75. The molecule has 3 aromatic rings. The Kier molecular flexibility index (Phi) is 6.16. The maximum atomic E-state index is 13.0. The fraction of sp³-hybridized carbons (Fsp3) is 0.200.